The highest BCUT2D eigenvalue weighted by Crippen LogP contribution is 2.00. The van der Waals surface area contributed by atoms with Gasteiger partial charge in [0.25, 0.3) is 0 Å². The van der Waals surface area contributed by atoms with Crippen LogP contribution >= 0.6 is 0 Å². The molecule has 0 radical (unpaired) electrons. The summed E-state index contributed by atoms with van der Waals surface area (Å²) in [6, 6.07) is 0. The maximum absolute atomic E-state index is 9.87. The molecule has 0 aromatic carbocycles. The van der Waals surface area contributed by atoms with Gasteiger partial charge in [-0.15, -0.1) is 0 Å². The fourth-order valence-electron chi connectivity index (χ4n) is 0.710. The molecule has 0 saturated heterocycles. The number of carbonyl (C=O) groups is 1. The van der Waals surface area contributed by atoms with E-state index < -0.39 is 6.10 Å². The van der Waals surface area contributed by atoms with Gasteiger partial charge in [0.05, 0.1) is 0 Å². The van der Waals surface area contributed by atoms with E-state index in [1.54, 1.807) is 0 Å². The third-order valence-corrected chi connectivity index (χ3v) is 1.32. The van der Waals surface area contributed by atoms with Crippen molar-refractivity contribution in [3.63, 3.8) is 0 Å². The van der Waals surface area contributed by atoms with Crippen molar-refractivity contribution in [2.75, 3.05) is 6.61 Å². The van der Waals surface area contributed by atoms with E-state index in [1.807, 2.05) is 0 Å². The highest BCUT2D eigenvalue weighted by atomic mass is 16.3. The first kappa shape index (κ1) is 9.59. The van der Waals surface area contributed by atoms with Crippen LogP contribution in [0, 0.1) is 0 Å². The summed E-state index contributed by atoms with van der Waals surface area (Å²) in [5.74, 6) is 0. The predicted molar refractivity (Wildman–Crippen MR) is 37.6 cm³/mol. The second-order valence-electron chi connectivity index (χ2n) is 2.28. The number of carbonyl (C=O) groups excluding carboxylic acids is 1. The Labute approximate surface area is 60.7 Å². The average Bonchev–Trinajstić information content (AvgIpc) is 1.98. The summed E-state index contributed by atoms with van der Waals surface area (Å²) < 4.78 is 0. The molecular formula is C7H14O3. The minimum absolute atomic E-state index is 0.192. The molecule has 0 aliphatic heterocycles. The van der Waals surface area contributed by atoms with Gasteiger partial charge in [-0.3, -0.25) is 0 Å². The Hall–Kier alpha value is -0.410. The summed E-state index contributed by atoms with van der Waals surface area (Å²) in [4.78, 5) is 9.87. The maximum Gasteiger partial charge on any atom is 0.148 e. The lowest BCUT2D eigenvalue weighted by atomic mass is 10.1. The van der Waals surface area contributed by atoms with Crippen LogP contribution < -0.4 is 0 Å². The number of aliphatic hydroxyl groups is 2. The van der Waals surface area contributed by atoms with Gasteiger partial charge in [0, 0.05) is 6.61 Å². The monoisotopic (exact) mass is 146 g/mol. The van der Waals surface area contributed by atoms with Gasteiger partial charge in [-0.05, 0) is 12.8 Å². The molecular weight excluding hydrogens is 132 g/mol. The van der Waals surface area contributed by atoms with Crippen molar-refractivity contribution >= 4 is 6.29 Å². The third-order valence-electron chi connectivity index (χ3n) is 1.32. The van der Waals surface area contributed by atoms with Gasteiger partial charge in [-0.1, -0.05) is 12.8 Å². The summed E-state index contributed by atoms with van der Waals surface area (Å²) in [5.41, 5.74) is 0. The van der Waals surface area contributed by atoms with Crippen molar-refractivity contribution in [1.29, 1.82) is 0 Å². The van der Waals surface area contributed by atoms with Gasteiger partial charge in [-0.2, -0.15) is 0 Å². The molecule has 1 unspecified atom stereocenters. The largest absolute Gasteiger partial charge is 0.396 e. The van der Waals surface area contributed by atoms with E-state index in [9.17, 15) is 4.79 Å². The Bertz CT molecular complexity index is 82.9. The zero-order valence-corrected chi connectivity index (χ0v) is 5.99. The first-order valence-electron chi connectivity index (χ1n) is 3.55. The smallest absolute Gasteiger partial charge is 0.148 e. The number of hydrogen-bond acceptors (Lipinski definition) is 3. The number of unbranched alkanes of at least 4 members (excludes halogenated alkanes) is 2. The van der Waals surface area contributed by atoms with Crippen molar-refractivity contribution in [2.45, 2.75) is 31.8 Å². The van der Waals surface area contributed by atoms with E-state index in [4.69, 9.17) is 10.2 Å². The Morgan fingerprint density at radius 2 is 2.00 bits per heavy atom. The molecule has 0 aliphatic carbocycles. The predicted octanol–water partition coefficient (Wildman–Crippen LogP) is 0.0989. The van der Waals surface area contributed by atoms with Crippen molar-refractivity contribution in [3.05, 3.63) is 0 Å². The van der Waals surface area contributed by atoms with Crippen LogP contribution in [-0.4, -0.2) is 29.2 Å². The number of aliphatic hydroxyl groups excluding tert-OH is 2. The molecule has 0 saturated carbocycles. The fraction of sp³-hybridized carbons (Fsp3) is 0.857. The quantitative estimate of drug-likeness (QED) is 0.412. The molecule has 0 amide bonds. The van der Waals surface area contributed by atoms with Crippen LogP contribution in [0.1, 0.15) is 25.7 Å². The maximum atomic E-state index is 9.87. The van der Waals surface area contributed by atoms with E-state index in [0.717, 1.165) is 19.3 Å². The van der Waals surface area contributed by atoms with E-state index in [2.05, 4.69) is 0 Å². The lowest BCUT2D eigenvalue weighted by Gasteiger charge is -2.00. The van der Waals surface area contributed by atoms with Crippen LogP contribution in [0.5, 0.6) is 0 Å². The van der Waals surface area contributed by atoms with Crippen LogP contribution in [0.25, 0.3) is 0 Å². The van der Waals surface area contributed by atoms with E-state index in [-0.39, 0.29) is 6.61 Å². The minimum Gasteiger partial charge on any atom is -0.396 e. The summed E-state index contributed by atoms with van der Waals surface area (Å²) in [6.45, 7) is 0.192. The Morgan fingerprint density at radius 3 is 2.50 bits per heavy atom. The Morgan fingerprint density at radius 1 is 1.30 bits per heavy atom. The fourth-order valence-corrected chi connectivity index (χ4v) is 0.710. The molecule has 2 N–H and O–H groups in total. The van der Waals surface area contributed by atoms with Crippen molar-refractivity contribution in [2.24, 2.45) is 0 Å². The second kappa shape index (κ2) is 6.71. The topological polar surface area (TPSA) is 57.5 Å². The lowest BCUT2D eigenvalue weighted by Crippen LogP contribution is -2.06. The highest BCUT2D eigenvalue weighted by Gasteiger charge is 1.99. The number of rotatable bonds is 6. The van der Waals surface area contributed by atoms with Gasteiger partial charge in [0.1, 0.15) is 12.4 Å². The number of hydrogen-bond donors (Lipinski definition) is 2. The van der Waals surface area contributed by atoms with Crippen molar-refractivity contribution in [1.82, 2.24) is 0 Å². The zero-order chi connectivity index (χ0) is 7.82. The van der Waals surface area contributed by atoms with Crippen LogP contribution in [-0.2, 0) is 4.79 Å². The molecule has 0 rings (SSSR count). The molecule has 3 heteroatoms. The van der Waals surface area contributed by atoms with Crippen LogP contribution in [0.15, 0.2) is 0 Å². The molecule has 0 aromatic heterocycles. The summed E-state index contributed by atoms with van der Waals surface area (Å²) in [7, 11) is 0. The van der Waals surface area contributed by atoms with Crippen molar-refractivity contribution < 1.29 is 15.0 Å². The van der Waals surface area contributed by atoms with Gasteiger partial charge >= 0.3 is 0 Å². The molecule has 1 atom stereocenters. The molecule has 0 aliphatic rings. The first-order chi connectivity index (χ1) is 4.81. The molecule has 60 valence electrons. The first-order valence-corrected chi connectivity index (χ1v) is 3.55. The molecule has 3 nitrogen and oxygen atoms in total. The summed E-state index contributed by atoms with van der Waals surface area (Å²) in [5, 5.41) is 17.1. The van der Waals surface area contributed by atoms with Gasteiger partial charge in [-0.25, -0.2) is 0 Å². The second-order valence-corrected chi connectivity index (χ2v) is 2.28. The molecule has 10 heavy (non-hydrogen) atoms. The zero-order valence-electron chi connectivity index (χ0n) is 5.99. The number of aldehydes is 1. The van der Waals surface area contributed by atoms with Gasteiger partial charge in [0.2, 0.25) is 0 Å². The van der Waals surface area contributed by atoms with E-state index in [1.165, 1.54) is 0 Å². The average molecular weight is 146 g/mol. The minimum atomic E-state index is -0.807. The standard InChI is InChI=1S/C7H14O3/c8-5-3-1-2-4-7(10)6-9/h6-8,10H,1-5H2. The highest BCUT2D eigenvalue weighted by molar-refractivity contribution is 5.55. The lowest BCUT2D eigenvalue weighted by molar-refractivity contribution is -0.115. The van der Waals surface area contributed by atoms with Gasteiger partial charge < -0.3 is 15.0 Å². The Balaban J connectivity index is 2.95. The molecule has 0 fully saturated rings. The van der Waals surface area contributed by atoms with E-state index >= 15 is 0 Å². The normalized spacial score (nSPS) is 13.0. The molecule has 0 bridgehead atoms. The van der Waals surface area contributed by atoms with E-state index in [0.29, 0.717) is 12.7 Å². The van der Waals surface area contributed by atoms with Gasteiger partial charge in [0.15, 0.2) is 0 Å². The molecule has 0 spiro atoms. The third kappa shape index (κ3) is 5.72. The van der Waals surface area contributed by atoms with Crippen LogP contribution in [0.4, 0.5) is 0 Å². The van der Waals surface area contributed by atoms with Crippen molar-refractivity contribution in [3.8, 4) is 0 Å². The summed E-state index contributed by atoms with van der Waals surface area (Å²) >= 11 is 0. The molecule has 0 heterocycles. The molecule has 0 aromatic rings. The summed E-state index contributed by atoms with van der Waals surface area (Å²) in [6.07, 6.45) is 2.69. The van der Waals surface area contributed by atoms with Crippen LogP contribution in [0.3, 0.4) is 0 Å². The Kier molecular flexibility index (Phi) is 6.43. The van der Waals surface area contributed by atoms with Crippen LogP contribution in [0.2, 0.25) is 0 Å². The SMILES string of the molecule is O=CC(O)CCCCCO.